The standard InChI is InChI=1S/C17H25N7OS/c1-4-5-6-7-19-15-11-21-17(26-15)24-14-10-12(2)22-16(23-14)20-9-8-18-13(3)25/h5-7,10-12H,4,8-9H2,1-3H3,(H,18,25)(H,21,24)(H2,20,22,23)/b6-5-,19-7-. The lowest BCUT2D eigenvalue weighted by molar-refractivity contribution is -0.118. The molecule has 1 aliphatic heterocycles. The van der Waals surface area contributed by atoms with Gasteiger partial charge in [0.05, 0.1) is 12.7 Å². The molecule has 26 heavy (non-hydrogen) atoms. The van der Waals surface area contributed by atoms with Crippen molar-refractivity contribution in [3.05, 3.63) is 30.2 Å². The van der Waals surface area contributed by atoms with Gasteiger partial charge in [-0.25, -0.2) is 9.98 Å². The average molecular weight is 376 g/mol. The summed E-state index contributed by atoms with van der Waals surface area (Å²) in [7, 11) is 0. The van der Waals surface area contributed by atoms with Crippen molar-refractivity contribution in [3.8, 4) is 0 Å². The largest absolute Gasteiger partial charge is 0.354 e. The Hall–Kier alpha value is -2.68. The Balaban J connectivity index is 1.91. The van der Waals surface area contributed by atoms with Crippen molar-refractivity contribution in [2.45, 2.75) is 33.2 Å². The Morgan fingerprint density at radius 3 is 3.12 bits per heavy atom. The van der Waals surface area contributed by atoms with Gasteiger partial charge in [0.15, 0.2) is 11.1 Å². The number of rotatable bonds is 8. The molecule has 2 rings (SSSR count). The van der Waals surface area contributed by atoms with E-state index in [-0.39, 0.29) is 11.9 Å². The number of nitrogens with zero attached hydrogens (tertiary/aromatic N) is 3. The quantitative estimate of drug-likeness (QED) is 0.412. The van der Waals surface area contributed by atoms with Crippen LogP contribution in [0.3, 0.4) is 0 Å². The van der Waals surface area contributed by atoms with Gasteiger partial charge in [-0.2, -0.15) is 0 Å². The van der Waals surface area contributed by atoms with Gasteiger partial charge in [0.25, 0.3) is 0 Å². The van der Waals surface area contributed by atoms with E-state index < -0.39 is 0 Å². The highest BCUT2D eigenvalue weighted by atomic mass is 32.1. The van der Waals surface area contributed by atoms with Gasteiger partial charge in [0, 0.05) is 25.7 Å². The van der Waals surface area contributed by atoms with E-state index in [1.54, 1.807) is 12.4 Å². The molecule has 4 N–H and O–H groups in total. The smallest absolute Gasteiger partial charge is 0.216 e. The van der Waals surface area contributed by atoms with Gasteiger partial charge >= 0.3 is 0 Å². The van der Waals surface area contributed by atoms with Crippen LogP contribution in [-0.4, -0.2) is 42.2 Å². The molecule has 0 radical (unpaired) electrons. The van der Waals surface area contributed by atoms with Gasteiger partial charge < -0.3 is 21.3 Å². The zero-order chi connectivity index (χ0) is 18.8. The summed E-state index contributed by atoms with van der Waals surface area (Å²) in [6.07, 6.45) is 10.5. The number of carbonyl (C=O) groups excluding carboxylic acids is 1. The van der Waals surface area contributed by atoms with Crippen LogP contribution in [0.5, 0.6) is 0 Å². The second kappa shape index (κ2) is 10.3. The number of anilines is 1. The normalized spacial score (nSPS) is 18.7. The molecule has 1 unspecified atom stereocenters. The van der Waals surface area contributed by atoms with Gasteiger partial charge in [-0.05, 0) is 25.5 Å². The van der Waals surface area contributed by atoms with Crippen molar-refractivity contribution in [1.29, 1.82) is 0 Å². The SMILES string of the molecule is CC/C=C\C=N/c1cnc(NC2=CC(C)NC(=NCCNC(C)=O)N2)s1. The van der Waals surface area contributed by atoms with Crippen LogP contribution in [0.15, 0.2) is 40.2 Å². The number of hydrogen-bond donors (Lipinski definition) is 4. The van der Waals surface area contributed by atoms with Crippen LogP contribution in [0.2, 0.25) is 0 Å². The Bertz CT molecular complexity index is 720. The number of amides is 1. The monoisotopic (exact) mass is 375 g/mol. The molecule has 1 aromatic rings. The highest BCUT2D eigenvalue weighted by molar-refractivity contribution is 7.19. The molecule has 0 bridgehead atoms. The summed E-state index contributed by atoms with van der Waals surface area (Å²) < 4.78 is 0. The first kappa shape index (κ1) is 19.6. The van der Waals surface area contributed by atoms with Gasteiger partial charge in [0.2, 0.25) is 5.91 Å². The summed E-state index contributed by atoms with van der Waals surface area (Å²) in [5.74, 6) is 1.41. The topological polar surface area (TPSA) is 103 Å². The maximum absolute atomic E-state index is 10.9. The molecule has 1 amide bonds. The Morgan fingerprint density at radius 1 is 1.50 bits per heavy atom. The van der Waals surface area contributed by atoms with E-state index in [1.807, 2.05) is 25.2 Å². The number of aromatic nitrogens is 1. The molecule has 1 atom stereocenters. The second-order valence-corrected chi connectivity index (χ2v) is 6.60. The molecule has 1 aromatic heterocycles. The van der Waals surface area contributed by atoms with E-state index in [0.29, 0.717) is 19.0 Å². The van der Waals surface area contributed by atoms with E-state index in [0.717, 1.165) is 22.4 Å². The minimum atomic E-state index is -0.0576. The van der Waals surface area contributed by atoms with E-state index in [4.69, 9.17) is 0 Å². The van der Waals surface area contributed by atoms with E-state index in [9.17, 15) is 4.79 Å². The lowest BCUT2D eigenvalue weighted by Gasteiger charge is -2.24. The third-order valence-corrected chi connectivity index (χ3v) is 4.01. The molecule has 9 heteroatoms. The first-order valence-electron chi connectivity index (χ1n) is 8.53. The molecule has 0 spiro atoms. The molecular formula is C17H25N7OS. The first-order chi connectivity index (χ1) is 12.6. The molecular weight excluding hydrogens is 350 g/mol. The van der Waals surface area contributed by atoms with Crippen molar-refractivity contribution in [1.82, 2.24) is 20.9 Å². The number of allylic oxidation sites excluding steroid dienone is 2. The molecule has 0 saturated heterocycles. The highest BCUT2D eigenvalue weighted by Crippen LogP contribution is 2.26. The summed E-state index contributed by atoms with van der Waals surface area (Å²) in [6.45, 7) is 6.60. The summed E-state index contributed by atoms with van der Waals surface area (Å²) >= 11 is 1.47. The molecule has 2 heterocycles. The minimum Gasteiger partial charge on any atom is -0.354 e. The lowest BCUT2D eigenvalue weighted by Crippen LogP contribution is -2.47. The summed E-state index contributed by atoms with van der Waals surface area (Å²) in [5.41, 5.74) is 0. The molecule has 0 aliphatic carbocycles. The number of hydrogen-bond acceptors (Lipinski definition) is 6. The van der Waals surface area contributed by atoms with Crippen molar-refractivity contribution in [2.24, 2.45) is 9.98 Å². The molecule has 1 aliphatic rings. The molecule has 140 valence electrons. The van der Waals surface area contributed by atoms with Crippen LogP contribution in [0.1, 0.15) is 27.2 Å². The number of nitrogens with one attached hydrogen (secondary N) is 4. The third kappa shape index (κ3) is 7.06. The zero-order valence-corrected chi connectivity index (χ0v) is 16.1. The van der Waals surface area contributed by atoms with Crippen LogP contribution in [-0.2, 0) is 4.79 Å². The van der Waals surface area contributed by atoms with Crippen LogP contribution >= 0.6 is 11.3 Å². The third-order valence-electron chi connectivity index (χ3n) is 3.18. The zero-order valence-electron chi connectivity index (χ0n) is 15.2. The molecule has 8 nitrogen and oxygen atoms in total. The highest BCUT2D eigenvalue weighted by Gasteiger charge is 2.14. The second-order valence-electron chi connectivity index (χ2n) is 5.59. The number of aliphatic imine (C=N–C) groups is 2. The van der Waals surface area contributed by atoms with Crippen molar-refractivity contribution < 1.29 is 4.79 Å². The van der Waals surface area contributed by atoms with Gasteiger partial charge in [0.1, 0.15) is 10.8 Å². The van der Waals surface area contributed by atoms with E-state index >= 15 is 0 Å². The average Bonchev–Trinajstić information content (AvgIpc) is 3.02. The Kier molecular flexibility index (Phi) is 7.81. The summed E-state index contributed by atoms with van der Waals surface area (Å²) in [4.78, 5) is 24.0. The fourth-order valence-corrected chi connectivity index (χ4v) is 2.77. The van der Waals surface area contributed by atoms with Crippen LogP contribution in [0, 0.1) is 0 Å². The summed E-state index contributed by atoms with van der Waals surface area (Å²) in [5, 5.41) is 14.0. The number of carbonyl (C=O) groups is 1. The molecule has 0 fully saturated rings. The van der Waals surface area contributed by atoms with Gasteiger partial charge in [-0.3, -0.25) is 9.79 Å². The Morgan fingerprint density at radius 2 is 2.35 bits per heavy atom. The minimum absolute atomic E-state index is 0.0576. The van der Waals surface area contributed by atoms with Crippen molar-refractivity contribution in [3.63, 3.8) is 0 Å². The lowest BCUT2D eigenvalue weighted by atomic mass is 10.3. The van der Waals surface area contributed by atoms with Crippen LogP contribution in [0.4, 0.5) is 10.1 Å². The predicted octanol–water partition coefficient (Wildman–Crippen LogP) is 2.14. The summed E-state index contributed by atoms with van der Waals surface area (Å²) in [6, 6.07) is 0.120. The maximum Gasteiger partial charge on any atom is 0.216 e. The van der Waals surface area contributed by atoms with Crippen LogP contribution < -0.4 is 21.3 Å². The maximum atomic E-state index is 10.9. The van der Waals surface area contributed by atoms with E-state index in [1.165, 1.54) is 18.3 Å². The fourth-order valence-electron chi connectivity index (χ4n) is 2.08. The molecule has 0 aromatic carbocycles. The number of guanidine groups is 1. The van der Waals surface area contributed by atoms with Crippen molar-refractivity contribution in [2.75, 3.05) is 18.4 Å². The molecule has 0 saturated carbocycles. The Labute approximate surface area is 157 Å². The predicted molar refractivity (Wildman–Crippen MR) is 108 cm³/mol. The van der Waals surface area contributed by atoms with Gasteiger partial charge in [-0.1, -0.05) is 24.3 Å². The fraction of sp³-hybridized carbons (Fsp3) is 0.412. The van der Waals surface area contributed by atoms with Crippen molar-refractivity contribution >= 4 is 39.6 Å². The number of thiazole rings is 1. The van der Waals surface area contributed by atoms with Gasteiger partial charge in [-0.15, -0.1) is 0 Å². The van der Waals surface area contributed by atoms with Crippen LogP contribution in [0.25, 0.3) is 0 Å². The first-order valence-corrected chi connectivity index (χ1v) is 9.34. The van der Waals surface area contributed by atoms with E-state index in [2.05, 4.69) is 43.2 Å².